The second-order valence-corrected chi connectivity index (χ2v) is 5.10. The topological polar surface area (TPSA) is 34.1 Å². The highest BCUT2D eigenvalue weighted by molar-refractivity contribution is 7.99. The molecule has 1 fully saturated rings. The molecule has 0 aromatic carbocycles. The highest BCUT2D eigenvalue weighted by atomic mass is 32.2. The predicted octanol–water partition coefficient (Wildman–Crippen LogP) is 2.79. The van der Waals surface area contributed by atoms with Gasteiger partial charge in [0, 0.05) is 17.4 Å². The Bertz CT molecular complexity index is 346. The summed E-state index contributed by atoms with van der Waals surface area (Å²) in [6, 6.07) is 6.39. The van der Waals surface area contributed by atoms with Gasteiger partial charge in [0.25, 0.3) is 0 Å². The molecule has 1 N–H and O–H groups in total. The summed E-state index contributed by atoms with van der Waals surface area (Å²) >= 11 is 1.95. The van der Waals surface area contributed by atoms with E-state index in [2.05, 4.69) is 16.6 Å². The molecule has 0 aliphatic heterocycles. The fourth-order valence-corrected chi connectivity index (χ4v) is 3.11. The highest BCUT2D eigenvalue weighted by Gasteiger charge is 2.26. The number of pyridine rings is 1. The van der Waals surface area contributed by atoms with Crippen molar-refractivity contribution in [1.82, 2.24) is 4.98 Å². The number of ether oxygens (including phenoxy) is 1. The normalized spacial score (nSPS) is 24.4. The van der Waals surface area contributed by atoms with E-state index in [1.54, 1.807) is 7.11 Å². The molecule has 1 heterocycles. The molecule has 4 heteroatoms. The predicted molar refractivity (Wildman–Crippen MR) is 69.4 cm³/mol. The van der Waals surface area contributed by atoms with Gasteiger partial charge < -0.3 is 10.1 Å². The zero-order valence-electron chi connectivity index (χ0n) is 9.77. The van der Waals surface area contributed by atoms with Gasteiger partial charge in [0.1, 0.15) is 5.82 Å². The fourth-order valence-electron chi connectivity index (χ4n) is 2.17. The summed E-state index contributed by atoms with van der Waals surface area (Å²) in [5.41, 5.74) is 0. The maximum Gasteiger partial charge on any atom is 0.214 e. The molecule has 0 bridgehead atoms. The van der Waals surface area contributed by atoms with Crippen LogP contribution < -0.4 is 10.1 Å². The summed E-state index contributed by atoms with van der Waals surface area (Å²) in [6.45, 7) is 0. The molecule has 1 aliphatic rings. The van der Waals surface area contributed by atoms with Crippen molar-refractivity contribution >= 4 is 17.6 Å². The third-order valence-electron chi connectivity index (χ3n) is 3.02. The van der Waals surface area contributed by atoms with Crippen LogP contribution >= 0.6 is 11.8 Å². The Labute approximate surface area is 101 Å². The average Bonchev–Trinajstić information content (AvgIpc) is 2.76. The lowest BCUT2D eigenvalue weighted by atomic mass is 10.2. The number of hydrogen-bond donors (Lipinski definition) is 1. The minimum Gasteiger partial charge on any atom is -0.481 e. The van der Waals surface area contributed by atoms with E-state index in [9.17, 15) is 0 Å². The minimum atomic E-state index is 0.551. The van der Waals surface area contributed by atoms with Crippen molar-refractivity contribution in [3.8, 4) is 5.88 Å². The Hall–Kier alpha value is -0.900. The molecular formula is C12H18N2OS. The van der Waals surface area contributed by atoms with Gasteiger partial charge in [-0.3, -0.25) is 0 Å². The van der Waals surface area contributed by atoms with Crippen molar-refractivity contribution in [2.45, 2.75) is 30.6 Å². The zero-order chi connectivity index (χ0) is 11.4. The van der Waals surface area contributed by atoms with Gasteiger partial charge in [-0.1, -0.05) is 12.5 Å². The molecule has 0 spiro atoms. The monoisotopic (exact) mass is 238 g/mol. The van der Waals surface area contributed by atoms with E-state index in [1.807, 2.05) is 30.0 Å². The summed E-state index contributed by atoms with van der Waals surface area (Å²) in [5, 5.41) is 4.22. The third-order valence-corrected chi connectivity index (χ3v) is 4.19. The number of rotatable bonds is 4. The number of nitrogens with zero attached hydrogens (tertiary/aromatic N) is 1. The number of nitrogens with one attached hydrogen (secondary N) is 1. The SMILES string of the molecule is COc1cccc(NC2CCCC2SC)n1. The molecule has 1 aromatic heterocycles. The van der Waals surface area contributed by atoms with Crippen LogP contribution in [0.5, 0.6) is 5.88 Å². The lowest BCUT2D eigenvalue weighted by Crippen LogP contribution is -2.26. The van der Waals surface area contributed by atoms with Crippen molar-refractivity contribution in [2.24, 2.45) is 0 Å². The van der Waals surface area contributed by atoms with Gasteiger partial charge in [0.05, 0.1) is 7.11 Å². The first-order chi connectivity index (χ1) is 7.83. The van der Waals surface area contributed by atoms with Gasteiger partial charge in [-0.05, 0) is 25.2 Å². The molecular weight excluding hydrogens is 220 g/mol. The molecule has 1 saturated carbocycles. The van der Waals surface area contributed by atoms with E-state index in [4.69, 9.17) is 4.74 Å². The Morgan fingerprint density at radius 3 is 3.06 bits per heavy atom. The molecule has 1 aliphatic carbocycles. The molecule has 2 atom stereocenters. The molecule has 88 valence electrons. The lowest BCUT2D eigenvalue weighted by molar-refractivity contribution is 0.398. The highest BCUT2D eigenvalue weighted by Crippen LogP contribution is 2.30. The summed E-state index contributed by atoms with van der Waals surface area (Å²) in [4.78, 5) is 4.38. The van der Waals surface area contributed by atoms with Crippen molar-refractivity contribution in [2.75, 3.05) is 18.7 Å². The largest absolute Gasteiger partial charge is 0.481 e. The quantitative estimate of drug-likeness (QED) is 0.874. The van der Waals surface area contributed by atoms with E-state index in [-0.39, 0.29) is 0 Å². The Morgan fingerprint density at radius 2 is 2.31 bits per heavy atom. The van der Waals surface area contributed by atoms with Crippen LogP contribution in [0.25, 0.3) is 0 Å². The number of methoxy groups -OCH3 is 1. The van der Waals surface area contributed by atoms with Gasteiger partial charge in [-0.15, -0.1) is 0 Å². The summed E-state index contributed by atoms with van der Waals surface area (Å²) in [6.07, 6.45) is 6.05. The Kier molecular flexibility index (Phi) is 3.93. The van der Waals surface area contributed by atoms with Crippen LogP contribution in [-0.2, 0) is 0 Å². The molecule has 2 unspecified atom stereocenters. The standard InChI is InChI=1S/C12H18N2OS/c1-15-12-8-4-7-11(14-12)13-9-5-3-6-10(9)16-2/h4,7-10H,3,5-6H2,1-2H3,(H,13,14). The first kappa shape index (κ1) is 11.6. The fraction of sp³-hybridized carbons (Fsp3) is 0.583. The van der Waals surface area contributed by atoms with Crippen molar-refractivity contribution in [1.29, 1.82) is 0 Å². The summed E-state index contributed by atoms with van der Waals surface area (Å²) < 4.78 is 5.12. The first-order valence-corrected chi connectivity index (χ1v) is 6.92. The maximum absolute atomic E-state index is 5.12. The van der Waals surface area contributed by atoms with Crippen LogP contribution in [-0.4, -0.2) is 29.6 Å². The molecule has 2 rings (SSSR count). The van der Waals surface area contributed by atoms with Crippen LogP contribution in [0.2, 0.25) is 0 Å². The smallest absolute Gasteiger partial charge is 0.214 e. The van der Waals surface area contributed by atoms with E-state index in [1.165, 1.54) is 19.3 Å². The van der Waals surface area contributed by atoms with Crippen molar-refractivity contribution < 1.29 is 4.74 Å². The Morgan fingerprint density at radius 1 is 1.44 bits per heavy atom. The molecule has 16 heavy (non-hydrogen) atoms. The summed E-state index contributed by atoms with van der Waals surface area (Å²) in [7, 11) is 1.65. The molecule has 3 nitrogen and oxygen atoms in total. The van der Waals surface area contributed by atoms with E-state index >= 15 is 0 Å². The van der Waals surface area contributed by atoms with Crippen LogP contribution in [0, 0.1) is 0 Å². The van der Waals surface area contributed by atoms with Gasteiger partial charge >= 0.3 is 0 Å². The van der Waals surface area contributed by atoms with Gasteiger partial charge in [0.15, 0.2) is 0 Å². The number of thioether (sulfide) groups is 1. The zero-order valence-corrected chi connectivity index (χ0v) is 10.6. The van der Waals surface area contributed by atoms with Gasteiger partial charge in [-0.2, -0.15) is 16.7 Å². The maximum atomic E-state index is 5.12. The first-order valence-electron chi connectivity index (χ1n) is 5.64. The molecule has 0 radical (unpaired) electrons. The Balaban J connectivity index is 2.02. The number of hydrogen-bond acceptors (Lipinski definition) is 4. The van der Waals surface area contributed by atoms with Crippen LogP contribution in [0.3, 0.4) is 0 Å². The van der Waals surface area contributed by atoms with Crippen LogP contribution in [0.15, 0.2) is 18.2 Å². The van der Waals surface area contributed by atoms with E-state index in [0.717, 1.165) is 5.82 Å². The average molecular weight is 238 g/mol. The van der Waals surface area contributed by atoms with Crippen molar-refractivity contribution in [3.63, 3.8) is 0 Å². The van der Waals surface area contributed by atoms with Crippen molar-refractivity contribution in [3.05, 3.63) is 18.2 Å². The summed E-state index contributed by atoms with van der Waals surface area (Å²) in [5.74, 6) is 1.59. The van der Waals surface area contributed by atoms with E-state index in [0.29, 0.717) is 17.2 Å². The number of anilines is 1. The van der Waals surface area contributed by atoms with Gasteiger partial charge in [0.2, 0.25) is 5.88 Å². The molecule has 0 amide bonds. The lowest BCUT2D eigenvalue weighted by Gasteiger charge is -2.19. The minimum absolute atomic E-state index is 0.551. The molecule has 1 aromatic rings. The van der Waals surface area contributed by atoms with Crippen LogP contribution in [0.4, 0.5) is 5.82 Å². The van der Waals surface area contributed by atoms with E-state index < -0.39 is 0 Å². The van der Waals surface area contributed by atoms with Crippen LogP contribution in [0.1, 0.15) is 19.3 Å². The third kappa shape index (κ3) is 2.61. The molecule has 0 saturated heterocycles. The second kappa shape index (κ2) is 5.43. The van der Waals surface area contributed by atoms with Gasteiger partial charge in [-0.25, -0.2) is 0 Å². The number of aromatic nitrogens is 1. The second-order valence-electron chi connectivity index (χ2n) is 4.02.